The predicted octanol–water partition coefficient (Wildman–Crippen LogP) is 2.32. The summed E-state index contributed by atoms with van der Waals surface area (Å²) in [4.78, 5) is 10.9. The molecular formula is C10H17NO2S. The number of ether oxygens (including phenoxy) is 1. The lowest BCUT2D eigenvalue weighted by Crippen LogP contribution is -2.15. The van der Waals surface area contributed by atoms with Crippen LogP contribution in [0.15, 0.2) is 0 Å². The van der Waals surface area contributed by atoms with Crippen LogP contribution >= 0.6 is 12.6 Å². The van der Waals surface area contributed by atoms with E-state index < -0.39 is 0 Å². The molecule has 0 amide bonds. The molecule has 0 aromatic rings. The van der Waals surface area contributed by atoms with Gasteiger partial charge in [-0.15, -0.1) is 0 Å². The molecule has 0 rings (SSSR count). The third-order valence-electron chi connectivity index (χ3n) is 1.99. The molecular weight excluding hydrogens is 198 g/mol. The molecule has 0 saturated carbocycles. The number of carbonyl (C=O) groups is 1. The van der Waals surface area contributed by atoms with E-state index in [0.717, 1.165) is 32.1 Å². The lowest BCUT2D eigenvalue weighted by atomic mass is 10.1. The van der Waals surface area contributed by atoms with Crippen LogP contribution in [-0.2, 0) is 9.53 Å². The van der Waals surface area contributed by atoms with Crippen LogP contribution in [0.3, 0.4) is 0 Å². The summed E-state index contributed by atoms with van der Waals surface area (Å²) in [6.07, 6.45) is 5.40. The van der Waals surface area contributed by atoms with E-state index >= 15 is 0 Å². The maximum atomic E-state index is 10.9. The van der Waals surface area contributed by atoms with Crippen LogP contribution in [0.25, 0.3) is 0 Å². The Labute approximate surface area is 90.8 Å². The third-order valence-corrected chi connectivity index (χ3v) is 2.46. The molecule has 0 aromatic carbocycles. The molecule has 0 saturated heterocycles. The topological polar surface area (TPSA) is 50.1 Å². The minimum atomic E-state index is -0.295. The van der Waals surface area contributed by atoms with Crippen LogP contribution in [0.5, 0.6) is 0 Å². The SMILES string of the molecule is COC(=O)C(S)CCCCCCC#N. The van der Waals surface area contributed by atoms with Crippen molar-refractivity contribution >= 4 is 18.6 Å². The number of rotatable bonds is 7. The Balaban J connectivity index is 3.28. The molecule has 1 atom stereocenters. The van der Waals surface area contributed by atoms with Gasteiger partial charge in [0.15, 0.2) is 0 Å². The number of hydrogen-bond donors (Lipinski definition) is 1. The molecule has 0 aliphatic carbocycles. The van der Waals surface area contributed by atoms with Gasteiger partial charge in [0.2, 0.25) is 0 Å². The molecule has 0 heterocycles. The fourth-order valence-corrected chi connectivity index (χ4v) is 1.44. The van der Waals surface area contributed by atoms with Gasteiger partial charge in [-0.3, -0.25) is 4.79 Å². The Kier molecular flexibility index (Phi) is 8.45. The zero-order valence-electron chi connectivity index (χ0n) is 8.53. The average molecular weight is 215 g/mol. The van der Waals surface area contributed by atoms with Crippen molar-refractivity contribution in [1.82, 2.24) is 0 Å². The van der Waals surface area contributed by atoms with Crippen molar-refractivity contribution in [2.24, 2.45) is 0 Å². The Morgan fingerprint density at radius 2 is 2.07 bits per heavy atom. The maximum Gasteiger partial charge on any atom is 0.318 e. The Morgan fingerprint density at radius 1 is 1.43 bits per heavy atom. The van der Waals surface area contributed by atoms with Gasteiger partial charge in [0.1, 0.15) is 0 Å². The van der Waals surface area contributed by atoms with E-state index in [1.165, 1.54) is 7.11 Å². The van der Waals surface area contributed by atoms with Crippen molar-refractivity contribution in [3.05, 3.63) is 0 Å². The van der Waals surface area contributed by atoms with Crippen molar-refractivity contribution in [1.29, 1.82) is 5.26 Å². The lowest BCUT2D eigenvalue weighted by molar-refractivity contribution is -0.140. The van der Waals surface area contributed by atoms with Gasteiger partial charge in [-0.2, -0.15) is 17.9 Å². The number of esters is 1. The number of methoxy groups -OCH3 is 1. The van der Waals surface area contributed by atoms with Crippen LogP contribution in [0.1, 0.15) is 38.5 Å². The molecule has 1 unspecified atom stereocenters. The van der Waals surface area contributed by atoms with E-state index in [0.29, 0.717) is 6.42 Å². The van der Waals surface area contributed by atoms with Crippen LogP contribution < -0.4 is 0 Å². The number of nitrogens with zero attached hydrogens (tertiary/aromatic N) is 1. The minimum Gasteiger partial charge on any atom is -0.468 e. The fraction of sp³-hybridized carbons (Fsp3) is 0.800. The van der Waals surface area contributed by atoms with E-state index in [-0.39, 0.29) is 11.2 Å². The quantitative estimate of drug-likeness (QED) is 0.403. The summed E-state index contributed by atoms with van der Waals surface area (Å²) in [5, 5.41) is 8.00. The second-order valence-corrected chi connectivity index (χ2v) is 3.77. The molecule has 14 heavy (non-hydrogen) atoms. The first kappa shape index (κ1) is 13.3. The molecule has 0 radical (unpaired) electrons. The Morgan fingerprint density at radius 3 is 2.64 bits per heavy atom. The second kappa shape index (κ2) is 8.89. The highest BCUT2D eigenvalue weighted by atomic mass is 32.1. The van der Waals surface area contributed by atoms with Gasteiger partial charge >= 0.3 is 5.97 Å². The van der Waals surface area contributed by atoms with Crippen molar-refractivity contribution in [2.45, 2.75) is 43.8 Å². The standard InChI is InChI=1S/C10H17NO2S/c1-13-10(12)9(14)7-5-3-2-4-6-8-11/h9,14H,2-7H2,1H3. The first-order chi connectivity index (χ1) is 6.72. The van der Waals surface area contributed by atoms with Gasteiger partial charge in [0.25, 0.3) is 0 Å². The molecule has 80 valence electrons. The summed E-state index contributed by atoms with van der Waals surface area (Å²) in [6, 6.07) is 2.11. The number of hydrogen-bond acceptors (Lipinski definition) is 4. The Hall–Kier alpha value is -0.690. The first-order valence-electron chi connectivity index (χ1n) is 4.85. The molecule has 0 N–H and O–H groups in total. The number of unbranched alkanes of at least 4 members (excludes halogenated alkanes) is 4. The van der Waals surface area contributed by atoms with Crippen LogP contribution in [0.2, 0.25) is 0 Å². The minimum absolute atomic E-state index is 0.259. The van der Waals surface area contributed by atoms with Crippen molar-refractivity contribution in [2.75, 3.05) is 7.11 Å². The van der Waals surface area contributed by atoms with Gasteiger partial charge in [-0.25, -0.2) is 0 Å². The number of nitriles is 1. The Bertz CT molecular complexity index is 201. The summed E-state index contributed by atoms with van der Waals surface area (Å²) in [6.45, 7) is 0. The highest BCUT2D eigenvalue weighted by molar-refractivity contribution is 7.81. The zero-order chi connectivity index (χ0) is 10.8. The normalized spacial score (nSPS) is 11.8. The largest absolute Gasteiger partial charge is 0.468 e. The van der Waals surface area contributed by atoms with Gasteiger partial charge in [-0.05, 0) is 12.8 Å². The molecule has 0 aliphatic rings. The highest BCUT2D eigenvalue weighted by Crippen LogP contribution is 2.11. The van der Waals surface area contributed by atoms with Crippen molar-refractivity contribution in [3.63, 3.8) is 0 Å². The predicted molar refractivity (Wildman–Crippen MR) is 58.1 cm³/mol. The summed E-state index contributed by atoms with van der Waals surface area (Å²) in [5.74, 6) is -0.259. The van der Waals surface area contributed by atoms with Gasteiger partial charge in [0, 0.05) is 6.42 Å². The second-order valence-electron chi connectivity index (χ2n) is 3.15. The molecule has 3 nitrogen and oxygen atoms in total. The van der Waals surface area contributed by atoms with Crippen LogP contribution in [0, 0.1) is 11.3 Å². The third kappa shape index (κ3) is 6.79. The molecule has 0 aromatic heterocycles. The average Bonchev–Trinajstić information content (AvgIpc) is 2.21. The summed E-state index contributed by atoms with van der Waals surface area (Å²) in [5.41, 5.74) is 0. The molecule has 0 fully saturated rings. The molecule has 0 bridgehead atoms. The summed E-state index contributed by atoms with van der Waals surface area (Å²) >= 11 is 4.12. The van der Waals surface area contributed by atoms with Gasteiger partial charge < -0.3 is 4.74 Å². The van der Waals surface area contributed by atoms with Crippen molar-refractivity contribution < 1.29 is 9.53 Å². The van der Waals surface area contributed by atoms with E-state index in [1.54, 1.807) is 0 Å². The van der Waals surface area contributed by atoms with E-state index in [9.17, 15) is 4.79 Å². The smallest absolute Gasteiger partial charge is 0.318 e. The fourth-order valence-electron chi connectivity index (χ4n) is 1.15. The summed E-state index contributed by atoms with van der Waals surface area (Å²) in [7, 11) is 1.37. The van der Waals surface area contributed by atoms with Gasteiger partial charge in [-0.1, -0.05) is 19.3 Å². The summed E-state index contributed by atoms with van der Waals surface area (Å²) < 4.78 is 4.55. The molecule has 0 aliphatic heterocycles. The zero-order valence-corrected chi connectivity index (χ0v) is 9.43. The monoisotopic (exact) mass is 215 g/mol. The van der Waals surface area contributed by atoms with E-state index in [1.807, 2.05) is 0 Å². The number of thiol groups is 1. The maximum absolute atomic E-state index is 10.9. The van der Waals surface area contributed by atoms with Crippen LogP contribution in [-0.4, -0.2) is 18.3 Å². The molecule has 0 spiro atoms. The molecule has 4 heteroatoms. The van der Waals surface area contributed by atoms with E-state index in [2.05, 4.69) is 23.4 Å². The lowest BCUT2D eigenvalue weighted by Gasteiger charge is -2.07. The van der Waals surface area contributed by atoms with E-state index in [4.69, 9.17) is 5.26 Å². The van der Waals surface area contributed by atoms with Gasteiger partial charge in [0.05, 0.1) is 18.4 Å². The van der Waals surface area contributed by atoms with Crippen LogP contribution in [0.4, 0.5) is 0 Å². The highest BCUT2D eigenvalue weighted by Gasteiger charge is 2.12. The number of carbonyl (C=O) groups excluding carboxylic acids is 1. The first-order valence-corrected chi connectivity index (χ1v) is 5.37. The van der Waals surface area contributed by atoms with Crippen molar-refractivity contribution in [3.8, 4) is 6.07 Å².